The van der Waals surface area contributed by atoms with Crippen LogP contribution in [-0.4, -0.2) is 41.7 Å². The number of carboxylic acid groups (broad SMARTS) is 1. The maximum absolute atomic E-state index is 11.7. The smallest absolute Gasteiger partial charge is 0.341 e. The van der Waals surface area contributed by atoms with Crippen molar-refractivity contribution in [3.05, 3.63) is 0 Å². The minimum atomic E-state index is -1.12. The van der Waals surface area contributed by atoms with E-state index in [0.717, 1.165) is 0 Å². The van der Waals surface area contributed by atoms with Gasteiger partial charge in [0, 0.05) is 13.1 Å². The van der Waals surface area contributed by atoms with Gasteiger partial charge in [0.25, 0.3) is 0 Å². The average Bonchev–Trinajstić information content (AvgIpc) is 2.14. The Labute approximate surface area is 102 Å². The monoisotopic (exact) mass is 246 g/mol. The van der Waals surface area contributed by atoms with Gasteiger partial charge in [-0.15, -0.1) is 0 Å². The molecule has 6 nitrogen and oxygen atoms in total. The molecule has 17 heavy (non-hydrogen) atoms. The van der Waals surface area contributed by atoms with Crippen molar-refractivity contribution in [2.24, 2.45) is 11.8 Å². The summed E-state index contributed by atoms with van der Waals surface area (Å²) in [5.74, 6) is -0.428. The standard InChI is InChI=1S/C11H22N2O4/c1-8(2)5-13(6-9(3)4)11(16)12-17-7-10(14)15/h8-9H,5-7H2,1-4H3,(H,12,16)(H,14,15). The molecule has 0 atom stereocenters. The highest BCUT2D eigenvalue weighted by Gasteiger charge is 2.16. The summed E-state index contributed by atoms with van der Waals surface area (Å²) in [4.78, 5) is 28.1. The molecule has 100 valence electrons. The van der Waals surface area contributed by atoms with Crippen LogP contribution in [0.15, 0.2) is 0 Å². The van der Waals surface area contributed by atoms with Gasteiger partial charge in [-0.05, 0) is 11.8 Å². The van der Waals surface area contributed by atoms with Crippen molar-refractivity contribution in [1.82, 2.24) is 10.4 Å². The third kappa shape index (κ3) is 8.50. The Kier molecular flexibility index (Phi) is 7.29. The van der Waals surface area contributed by atoms with Gasteiger partial charge in [-0.3, -0.25) is 4.84 Å². The highest BCUT2D eigenvalue weighted by atomic mass is 16.7. The molecule has 0 aliphatic carbocycles. The quantitative estimate of drug-likeness (QED) is 0.664. The summed E-state index contributed by atoms with van der Waals surface area (Å²) < 4.78 is 0. The maximum Gasteiger partial charge on any atom is 0.341 e. The van der Waals surface area contributed by atoms with Crippen LogP contribution in [0.5, 0.6) is 0 Å². The van der Waals surface area contributed by atoms with Gasteiger partial charge in [0.2, 0.25) is 0 Å². The molecule has 6 heteroatoms. The van der Waals surface area contributed by atoms with Crippen LogP contribution < -0.4 is 5.48 Å². The first-order chi connectivity index (χ1) is 7.82. The summed E-state index contributed by atoms with van der Waals surface area (Å²) in [6.07, 6.45) is 0. The second-order valence-electron chi connectivity index (χ2n) is 4.78. The molecule has 0 aromatic heterocycles. The molecule has 2 amide bonds. The second-order valence-corrected chi connectivity index (χ2v) is 4.78. The van der Waals surface area contributed by atoms with E-state index in [1.54, 1.807) is 4.90 Å². The van der Waals surface area contributed by atoms with E-state index in [1.807, 2.05) is 27.7 Å². The number of carbonyl (C=O) groups excluding carboxylic acids is 1. The van der Waals surface area contributed by atoms with Gasteiger partial charge in [0.05, 0.1) is 0 Å². The Balaban J connectivity index is 4.17. The lowest BCUT2D eigenvalue weighted by atomic mass is 10.1. The largest absolute Gasteiger partial charge is 0.479 e. The van der Waals surface area contributed by atoms with Gasteiger partial charge < -0.3 is 10.0 Å². The molecule has 0 aromatic rings. The van der Waals surface area contributed by atoms with Crippen molar-refractivity contribution in [1.29, 1.82) is 0 Å². The number of nitrogens with one attached hydrogen (secondary N) is 1. The van der Waals surface area contributed by atoms with E-state index < -0.39 is 18.6 Å². The third-order valence-electron chi connectivity index (χ3n) is 1.81. The first kappa shape index (κ1) is 15.7. The number of rotatable bonds is 7. The SMILES string of the molecule is CC(C)CN(CC(C)C)C(=O)NOCC(=O)O. The number of amides is 2. The minimum absolute atomic E-state index is 0.346. The van der Waals surface area contributed by atoms with Crippen LogP contribution in [0.3, 0.4) is 0 Å². The van der Waals surface area contributed by atoms with E-state index in [2.05, 4.69) is 10.3 Å². The Morgan fingerprint density at radius 3 is 2.00 bits per heavy atom. The van der Waals surface area contributed by atoms with E-state index in [9.17, 15) is 9.59 Å². The fraction of sp³-hybridized carbons (Fsp3) is 0.818. The molecule has 0 fully saturated rings. The van der Waals surface area contributed by atoms with Gasteiger partial charge in [-0.2, -0.15) is 0 Å². The summed E-state index contributed by atoms with van der Waals surface area (Å²) in [6.45, 7) is 8.73. The second kappa shape index (κ2) is 7.89. The molecule has 0 aromatic carbocycles. The van der Waals surface area contributed by atoms with Gasteiger partial charge >= 0.3 is 12.0 Å². The van der Waals surface area contributed by atoms with Crippen LogP contribution in [0.1, 0.15) is 27.7 Å². The van der Waals surface area contributed by atoms with E-state index >= 15 is 0 Å². The molecule has 0 bridgehead atoms. The summed E-state index contributed by atoms with van der Waals surface area (Å²) in [5, 5.41) is 8.37. The molecule has 2 N–H and O–H groups in total. The topological polar surface area (TPSA) is 78.9 Å². The van der Waals surface area contributed by atoms with E-state index in [1.165, 1.54) is 0 Å². The van der Waals surface area contributed by atoms with E-state index in [4.69, 9.17) is 5.11 Å². The van der Waals surface area contributed by atoms with Crippen molar-refractivity contribution >= 4 is 12.0 Å². The number of urea groups is 1. The zero-order chi connectivity index (χ0) is 13.4. The normalized spacial score (nSPS) is 10.7. The lowest BCUT2D eigenvalue weighted by Crippen LogP contribution is -2.44. The van der Waals surface area contributed by atoms with Crippen LogP contribution in [-0.2, 0) is 9.63 Å². The Morgan fingerprint density at radius 1 is 1.18 bits per heavy atom. The summed E-state index contributed by atoms with van der Waals surface area (Å²) in [5.41, 5.74) is 2.13. The zero-order valence-corrected chi connectivity index (χ0v) is 10.9. The molecular weight excluding hydrogens is 224 g/mol. The molecule has 0 heterocycles. The highest BCUT2D eigenvalue weighted by Crippen LogP contribution is 2.04. The molecule has 0 rings (SSSR count). The van der Waals surface area contributed by atoms with Crippen molar-refractivity contribution in [3.8, 4) is 0 Å². The number of hydrogen-bond acceptors (Lipinski definition) is 3. The van der Waals surface area contributed by atoms with Crippen LogP contribution in [0.4, 0.5) is 4.79 Å². The fourth-order valence-electron chi connectivity index (χ4n) is 1.35. The first-order valence-electron chi connectivity index (χ1n) is 5.71. The molecule has 0 saturated carbocycles. The van der Waals surface area contributed by atoms with Gasteiger partial charge in [0.1, 0.15) is 0 Å². The number of hydrogen-bond donors (Lipinski definition) is 2. The average molecular weight is 246 g/mol. The molecule has 0 spiro atoms. The number of hydroxylamine groups is 1. The third-order valence-corrected chi connectivity index (χ3v) is 1.81. The van der Waals surface area contributed by atoms with Crippen LogP contribution in [0.2, 0.25) is 0 Å². The van der Waals surface area contributed by atoms with Gasteiger partial charge in [0.15, 0.2) is 6.61 Å². The molecule has 0 aliphatic heterocycles. The summed E-state index contributed by atoms with van der Waals surface area (Å²) in [6, 6.07) is -0.395. The molecule has 0 saturated heterocycles. The predicted molar refractivity (Wildman–Crippen MR) is 63.4 cm³/mol. The molecule has 0 radical (unpaired) electrons. The lowest BCUT2D eigenvalue weighted by Gasteiger charge is -2.26. The van der Waals surface area contributed by atoms with Crippen molar-refractivity contribution in [3.63, 3.8) is 0 Å². The van der Waals surface area contributed by atoms with E-state index in [0.29, 0.717) is 24.9 Å². The maximum atomic E-state index is 11.7. The number of carboxylic acids is 1. The van der Waals surface area contributed by atoms with Crippen molar-refractivity contribution in [2.45, 2.75) is 27.7 Å². The first-order valence-corrected chi connectivity index (χ1v) is 5.71. The lowest BCUT2D eigenvalue weighted by molar-refractivity contribution is -0.144. The minimum Gasteiger partial charge on any atom is -0.479 e. The van der Waals surface area contributed by atoms with Crippen LogP contribution >= 0.6 is 0 Å². The van der Waals surface area contributed by atoms with Crippen LogP contribution in [0, 0.1) is 11.8 Å². The molecule has 0 aliphatic rings. The Hall–Kier alpha value is -1.30. The Bertz CT molecular complexity index is 244. The molecular formula is C11H22N2O4. The number of nitrogens with zero attached hydrogens (tertiary/aromatic N) is 1. The highest BCUT2D eigenvalue weighted by molar-refractivity contribution is 5.73. The van der Waals surface area contributed by atoms with Crippen LogP contribution in [0.25, 0.3) is 0 Å². The Morgan fingerprint density at radius 2 is 1.65 bits per heavy atom. The zero-order valence-electron chi connectivity index (χ0n) is 10.9. The number of aliphatic carboxylic acids is 1. The fourth-order valence-corrected chi connectivity index (χ4v) is 1.35. The number of carbonyl (C=O) groups is 2. The predicted octanol–water partition coefficient (Wildman–Crippen LogP) is 1.33. The molecule has 0 unspecified atom stereocenters. The van der Waals surface area contributed by atoms with Crippen molar-refractivity contribution in [2.75, 3.05) is 19.7 Å². The summed E-state index contributed by atoms with van der Waals surface area (Å²) in [7, 11) is 0. The van der Waals surface area contributed by atoms with E-state index in [-0.39, 0.29) is 0 Å². The van der Waals surface area contributed by atoms with Gasteiger partial charge in [-0.1, -0.05) is 27.7 Å². The van der Waals surface area contributed by atoms with Gasteiger partial charge in [-0.25, -0.2) is 15.1 Å². The summed E-state index contributed by atoms with van der Waals surface area (Å²) >= 11 is 0. The van der Waals surface area contributed by atoms with Crippen molar-refractivity contribution < 1.29 is 19.5 Å².